The van der Waals surface area contributed by atoms with Crippen LogP contribution in [0.4, 0.5) is 23.7 Å². The monoisotopic (exact) mass is 290 g/mol. The second-order valence-electron chi connectivity index (χ2n) is 3.98. The van der Waals surface area contributed by atoms with Crippen molar-refractivity contribution in [2.45, 2.75) is 25.6 Å². The summed E-state index contributed by atoms with van der Waals surface area (Å²) in [5, 5.41) is 13.1. The Morgan fingerprint density at radius 3 is 2.50 bits per heavy atom. The van der Waals surface area contributed by atoms with Crippen LogP contribution in [-0.2, 0) is 11.0 Å². The second kappa shape index (κ2) is 6.27. The van der Waals surface area contributed by atoms with Crippen LogP contribution in [0, 0.1) is 0 Å². The number of urea groups is 1. The van der Waals surface area contributed by atoms with E-state index in [1.807, 2.05) is 0 Å². The third-order valence-electron chi connectivity index (χ3n) is 2.46. The van der Waals surface area contributed by atoms with Crippen LogP contribution in [0.2, 0.25) is 0 Å². The van der Waals surface area contributed by atoms with Crippen molar-refractivity contribution >= 4 is 17.7 Å². The number of rotatable bonds is 4. The summed E-state index contributed by atoms with van der Waals surface area (Å²) in [7, 11) is 0. The van der Waals surface area contributed by atoms with Gasteiger partial charge in [-0.1, -0.05) is 13.0 Å². The Kier molecular flexibility index (Phi) is 4.95. The van der Waals surface area contributed by atoms with Crippen molar-refractivity contribution < 1.29 is 27.9 Å². The van der Waals surface area contributed by atoms with Crippen LogP contribution >= 0.6 is 0 Å². The Morgan fingerprint density at radius 2 is 2.00 bits per heavy atom. The van der Waals surface area contributed by atoms with E-state index < -0.39 is 29.8 Å². The molecule has 0 spiro atoms. The summed E-state index contributed by atoms with van der Waals surface area (Å²) in [6.07, 6.45) is -4.35. The summed E-state index contributed by atoms with van der Waals surface area (Å²) in [6.45, 7) is 1.56. The zero-order valence-electron chi connectivity index (χ0n) is 10.5. The standard InChI is InChI=1S/C12H13F3N2O3/c1-2-9(10(18)19)17-11(20)16-8-5-3-4-7(6-8)12(13,14)15/h3-6,9H,2H2,1H3,(H,18,19)(H2,16,17,20)/t9-/m0/s1. The number of carbonyl (C=O) groups excluding carboxylic acids is 1. The molecule has 0 aliphatic carbocycles. The third-order valence-corrected chi connectivity index (χ3v) is 2.46. The molecule has 2 amide bonds. The van der Waals surface area contributed by atoms with Gasteiger partial charge >= 0.3 is 18.2 Å². The smallest absolute Gasteiger partial charge is 0.416 e. The largest absolute Gasteiger partial charge is 0.480 e. The van der Waals surface area contributed by atoms with Crippen LogP contribution in [-0.4, -0.2) is 23.1 Å². The van der Waals surface area contributed by atoms with Gasteiger partial charge in [0.05, 0.1) is 5.56 Å². The van der Waals surface area contributed by atoms with Crippen LogP contribution in [0.5, 0.6) is 0 Å². The number of halogens is 3. The summed E-state index contributed by atoms with van der Waals surface area (Å²) < 4.78 is 37.4. The zero-order chi connectivity index (χ0) is 15.3. The van der Waals surface area contributed by atoms with Gasteiger partial charge in [0.15, 0.2) is 0 Å². The molecule has 3 N–H and O–H groups in total. The van der Waals surface area contributed by atoms with E-state index in [1.54, 1.807) is 6.92 Å². The fraction of sp³-hybridized carbons (Fsp3) is 0.333. The Labute approximate surface area is 112 Å². The first-order chi connectivity index (χ1) is 9.24. The molecule has 0 bridgehead atoms. The van der Waals surface area contributed by atoms with Gasteiger partial charge in [-0.25, -0.2) is 9.59 Å². The number of hydrogen-bond donors (Lipinski definition) is 3. The van der Waals surface area contributed by atoms with Gasteiger partial charge in [0.25, 0.3) is 0 Å². The van der Waals surface area contributed by atoms with Crippen LogP contribution in [0.1, 0.15) is 18.9 Å². The number of hydrogen-bond acceptors (Lipinski definition) is 2. The average Bonchev–Trinajstić information content (AvgIpc) is 2.34. The third kappa shape index (κ3) is 4.45. The molecule has 0 unspecified atom stereocenters. The maximum Gasteiger partial charge on any atom is 0.416 e. The van der Waals surface area contributed by atoms with Crippen LogP contribution in [0.25, 0.3) is 0 Å². The summed E-state index contributed by atoms with van der Waals surface area (Å²) >= 11 is 0. The number of benzene rings is 1. The van der Waals surface area contributed by atoms with Crippen molar-refractivity contribution in [2.24, 2.45) is 0 Å². The van der Waals surface area contributed by atoms with E-state index in [1.165, 1.54) is 6.07 Å². The van der Waals surface area contributed by atoms with E-state index in [4.69, 9.17) is 5.11 Å². The highest BCUT2D eigenvalue weighted by molar-refractivity contribution is 5.92. The van der Waals surface area contributed by atoms with Gasteiger partial charge in [-0.3, -0.25) is 0 Å². The number of alkyl halides is 3. The Hall–Kier alpha value is -2.25. The van der Waals surface area contributed by atoms with Crippen LogP contribution in [0.3, 0.4) is 0 Å². The van der Waals surface area contributed by atoms with Crippen molar-refractivity contribution in [2.75, 3.05) is 5.32 Å². The minimum atomic E-state index is -4.51. The number of carbonyl (C=O) groups is 2. The number of aliphatic carboxylic acids is 1. The van der Waals surface area contributed by atoms with Gasteiger partial charge in [-0.2, -0.15) is 13.2 Å². The molecular weight excluding hydrogens is 277 g/mol. The molecule has 0 saturated heterocycles. The van der Waals surface area contributed by atoms with E-state index in [2.05, 4.69) is 10.6 Å². The number of carboxylic acid groups (broad SMARTS) is 1. The molecular formula is C12H13F3N2O3. The SMILES string of the molecule is CC[C@H](NC(=O)Nc1cccc(C(F)(F)F)c1)C(=O)O. The topological polar surface area (TPSA) is 78.4 Å². The van der Waals surface area contributed by atoms with E-state index in [0.717, 1.165) is 18.2 Å². The van der Waals surface area contributed by atoms with Gasteiger partial charge in [-0.15, -0.1) is 0 Å². The first-order valence-corrected chi connectivity index (χ1v) is 5.71. The van der Waals surface area contributed by atoms with E-state index >= 15 is 0 Å². The molecule has 0 heterocycles. The number of nitrogens with one attached hydrogen (secondary N) is 2. The lowest BCUT2D eigenvalue weighted by molar-refractivity contribution is -0.139. The summed E-state index contributed by atoms with van der Waals surface area (Å²) in [5.74, 6) is -1.22. The highest BCUT2D eigenvalue weighted by atomic mass is 19.4. The molecule has 0 aliphatic rings. The molecule has 20 heavy (non-hydrogen) atoms. The first-order valence-electron chi connectivity index (χ1n) is 5.71. The molecule has 5 nitrogen and oxygen atoms in total. The van der Waals surface area contributed by atoms with Crippen molar-refractivity contribution in [1.82, 2.24) is 5.32 Å². The summed E-state index contributed by atoms with van der Waals surface area (Å²) in [6, 6.07) is 2.08. The summed E-state index contributed by atoms with van der Waals surface area (Å²) in [5.41, 5.74) is -0.974. The lowest BCUT2D eigenvalue weighted by atomic mass is 10.2. The van der Waals surface area contributed by atoms with Gasteiger partial charge < -0.3 is 15.7 Å². The van der Waals surface area contributed by atoms with E-state index in [0.29, 0.717) is 0 Å². The van der Waals surface area contributed by atoms with Crippen molar-refractivity contribution in [1.29, 1.82) is 0 Å². The second-order valence-corrected chi connectivity index (χ2v) is 3.98. The molecule has 110 valence electrons. The van der Waals surface area contributed by atoms with E-state index in [-0.39, 0.29) is 12.1 Å². The lowest BCUT2D eigenvalue weighted by Gasteiger charge is -2.14. The molecule has 0 aromatic heterocycles. The number of amides is 2. The van der Waals surface area contributed by atoms with Gasteiger partial charge in [-0.05, 0) is 24.6 Å². The normalized spacial score (nSPS) is 12.6. The highest BCUT2D eigenvalue weighted by Crippen LogP contribution is 2.30. The fourth-order valence-electron chi connectivity index (χ4n) is 1.44. The first kappa shape index (κ1) is 15.8. The van der Waals surface area contributed by atoms with Crippen molar-refractivity contribution in [3.05, 3.63) is 29.8 Å². The quantitative estimate of drug-likeness (QED) is 0.797. The minimum absolute atomic E-state index is 0.0717. The van der Waals surface area contributed by atoms with Crippen molar-refractivity contribution in [3.8, 4) is 0 Å². The molecule has 0 aliphatic heterocycles. The Balaban J connectivity index is 2.74. The van der Waals surface area contributed by atoms with Crippen LogP contribution < -0.4 is 10.6 Å². The van der Waals surface area contributed by atoms with Crippen LogP contribution in [0.15, 0.2) is 24.3 Å². The van der Waals surface area contributed by atoms with Gasteiger partial charge in [0.2, 0.25) is 0 Å². The zero-order valence-corrected chi connectivity index (χ0v) is 10.5. The number of carboxylic acids is 1. The maximum absolute atomic E-state index is 12.5. The fourth-order valence-corrected chi connectivity index (χ4v) is 1.44. The van der Waals surface area contributed by atoms with Gasteiger partial charge in [0.1, 0.15) is 6.04 Å². The molecule has 8 heteroatoms. The highest BCUT2D eigenvalue weighted by Gasteiger charge is 2.30. The van der Waals surface area contributed by atoms with Gasteiger partial charge in [0, 0.05) is 5.69 Å². The molecule has 1 aromatic rings. The average molecular weight is 290 g/mol. The number of anilines is 1. The predicted octanol–water partition coefficient (Wildman–Crippen LogP) is 2.69. The lowest BCUT2D eigenvalue weighted by Crippen LogP contribution is -2.42. The van der Waals surface area contributed by atoms with Crippen molar-refractivity contribution in [3.63, 3.8) is 0 Å². The molecule has 1 atom stereocenters. The molecule has 1 aromatic carbocycles. The predicted molar refractivity (Wildman–Crippen MR) is 65.3 cm³/mol. The molecule has 0 fully saturated rings. The minimum Gasteiger partial charge on any atom is -0.480 e. The maximum atomic E-state index is 12.5. The molecule has 0 saturated carbocycles. The Morgan fingerprint density at radius 1 is 1.35 bits per heavy atom. The van der Waals surface area contributed by atoms with E-state index in [9.17, 15) is 22.8 Å². The molecule has 0 radical (unpaired) electrons. The Bertz CT molecular complexity index is 503. The summed E-state index contributed by atoms with van der Waals surface area (Å²) in [4.78, 5) is 22.2. The molecule has 1 rings (SSSR count).